The van der Waals surface area contributed by atoms with Gasteiger partial charge in [-0.15, -0.1) is 0 Å². The fraction of sp³-hybridized carbons (Fsp3) is 0.500. The van der Waals surface area contributed by atoms with Crippen molar-refractivity contribution in [3.8, 4) is 11.3 Å². The van der Waals surface area contributed by atoms with Gasteiger partial charge in [0.1, 0.15) is 5.82 Å². The highest BCUT2D eigenvalue weighted by molar-refractivity contribution is 5.94. The van der Waals surface area contributed by atoms with Crippen molar-refractivity contribution in [3.63, 3.8) is 0 Å². The molecule has 1 saturated heterocycles. The number of hydrogen-bond acceptors (Lipinski definition) is 7. The smallest absolute Gasteiger partial charge is 0.228 e. The van der Waals surface area contributed by atoms with Crippen LogP contribution in [0, 0.1) is 11.8 Å². The Bertz CT molecular complexity index is 1050. The molecule has 8 nitrogen and oxygen atoms in total. The topological polar surface area (TPSA) is 87.4 Å². The van der Waals surface area contributed by atoms with Gasteiger partial charge in [0.05, 0.1) is 17.9 Å². The minimum absolute atomic E-state index is 0.0647. The molecule has 1 aliphatic carbocycles. The second kappa shape index (κ2) is 9.34. The molecular formula is C24H30N6O2. The van der Waals surface area contributed by atoms with Crippen LogP contribution in [-0.2, 0) is 4.79 Å². The number of pyridine rings is 2. The largest absolute Gasteiger partial charge is 0.443 e. The van der Waals surface area contributed by atoms with Crippen LogP contribution in [0.15, 0.2) is 41.5 Å². The van der Waals surface area contributed by atoms with E-state index >= 15 is 0 Å². The number of fused-ring (bicyclic) bond motifs is 1. The Morgan fingerprint density at radius 1 is 1.06 bits per heavy atom. The molecule has 0 bridgehead atoms. The maximum atomic E-state index is 12.9. The SMILES string of the molecule is CN1CCN(CC2CCC(C(=O)Nc3cc4cc(-c5cnco5)cnc4cn3)CC2)CC1. The zero-order chi connectivity index (χ0) is 21.9. The molecule has 4 heterocycles. The number of nitrogens with one attached hydrogen (secondary N) is 1. The predicted octanol–water partition coefficient (Wildman–Crippen LogP) is 3.28. The van der Waals surface area contributed by atoms with E-state index in [1.807, 2.05) is 12.1 Å². The van der Waals surface area contributed by atoms with E-state index in [0.717, 1.165) is 68.3 Å². The maximum Gasteiger partial charge on any atom is 0.228 e. The molecule has 5 rings (SSSR count). The third-order valence-corrected chi connectivity index (χ3v) is 6.87. The summed E-state index contributed by atoms with van der Waals surface area (Å²) < 4.78 is 5.36. The number of amides is 1. The molecule has 32 heavy (non-hydrogen) atoms. The summed E-state index contributed by atoms with van der Waals surface area (Å²) in [7, 11) is 2.19. The number of nitrogens with zero attached hydrogens (tertiary/aromatic N) is 5. The first-order valence-electron chi connectivity index (χ1n) is 11.5. The van der Waals surface area contributed by atoms with Crippen molar-refractivity contribution in [2.45, 2.75) is 25.7 Å². The quantitative estimate of drug-likeness (QED) is 0.659. The number of rotatable bonds is 5. The number of piperazine rings is 1. The van der Waals surface area contributed by atoms with E-state index < -0.39 is 0 Å². The summed E-state index contributed by atoms with van der Waals surface area (Å²) in [6.45, 7) is 5.82. The Morgan fingerprint density at radius 2 is 1.88 bits per heavy atom. The number of hydrogen-bond donors (Lipinski definition) is 1. The van der Waals surface area contributed by atoms with Gasteiger partial charge in [0.25, 0.3) is 0 Å². The van der Waals surface area contributed by atoms with Gasteiger partial charge in [-0.25, -0.2) is 9.97 Å². The zero-order valence-corrected chi connectivity index (χ0v) is 18.5. The van der Waals surface area contributed by atoms with E-state index in [0.29, 0.717) is 17.5 Å². The Kier molecular flexibility index (Phi) is 6.14. The summed E-state index contributed by atoms with van der Waals surface area (Å²) in [5.41, 5.74) is 1.62. The van der Waals surface area contributed by atoms with Crippen LogP contribution in [0.4, 0.5) is 5.82 Å². The lowest BCUT2D eigenvalue weighted by atomic mass is 9.81. The second-order valence-electron chi connectivity index (χ2n) is 9.16. The van der Waals surface area contributed by atoms with Crippen molar-refractivity contribution in [2.24, 2.45) is 11.8 Å². The molecule has 1 amide bonds. The predicted molar refractivity (Wildman–Crippen MR) is 123 cm³/mol. The molecular weight excluding hydrogens is 404 g/mol. The van der Waals surface area contributed by atoms with E-state index in [2.05, 4.69) is 37.1 Å². The minimum Gasteiger partial charge on any atom is -0.443 e. The molecule has 0 radical (unpaired) electrons. The van der Waals surface area contributed by atoms with Crippen molar-refractivity contribution < 1.29 is 9.21 Å². The molecule has 2 fully saturated rings. The van der Waals surface area contributed by atoms with Crippen molar-refractivity contribution in [3.05, 3.63) is 37.1 Å². The summed E-state index contributed by atoms with van der Waals surface area (Å²) in [4.78, 5) is 30.7. The monoisotopic (exact) mass is 434 g/mol. The lowest BCUT2D eigenvalue weighted by Gasteiger charge is -2.36. The lowest BCUT2D eigenvalue weighted by Crippen LogP contribution is -2.46. The molecule has 1 aliphatic heterocycles. The Labute approximate surface area is 188 Å². The molecule has 168 valence electrons. The van der Waals surface area contributed by atoms with E-state index in [9.17, 15) is 4.79 Å². The van der Waals surface area contributed by atoms with E-state index in [1.165, 1.54) is 12.9 Å². The van der Waals surface area contributed by atoms with Gasteiger partial charge in [-0.1, -0.05) is 0 Å². The highest BCUT2D eigenvalue weighted by Crippen LogP contribution is 2.31. The Hall–Kier alpha value is -2.84. The Balaban J connectivity index is 1.17. The molecule has 0 spiro atoms. The molecule has 0 aromatic carbocycles. The van der Waals surface area contributed by atoms with Crippen LogP contribution in [0.3, 0.4) is 0 Å². The van der Waals surface area contributed by atoms with Gasteiger partial charge in [-0.3, -0.25) is 9.78 Å². The van der Waals surface area contributed by atoms with Crippen LogP contribution in [0.5, 0.6) is 0 Å². The van der Waals surface area contributed by atoms with Crippen LogP contribution < -0.4 is 5.32 Å². The van der Waals surface area contributed by atoms with Gasteiger partial charge in [-0.2, -0.15) is 0 Å². The molecule has 8 heteroatoms. The molecule has 0 atom stereocenters. The normalized spacial score (nSPS) is 22.8. The number of aromatic nitrogens is 3. The third kappa shape index (κ3) is 4.81. The van der Waals surface area contributed by atoms with Crippen LogP contribution in [0.25, 0.3) is 22.2 Å². The molecule has 3 aromatic rings. The summed E-state index contributed by atoms with van der Waals surface area (Å²) in [5.74, 6) is 2.08. The van der Waals surface area contributed by atoms with E-state index in [1.54, 1.807) is 18.6 Å². The minimum atomic E-state index is 0.0647. The lowest BCUT2D eigenvalue weighted by molar-refractivity contribution is -0.121. The van der Waals surface area contributed by atoms with Crippen LogP contribution in [0.2, 0.25) is 0 Å². The first-order valence-corrected chi connectivity index (χ1v) is 11.5. The molecule has 3 aromatic heterocycles. The molecule has 1 saturated carbocycles. The van der Waals surface area contributed by atoms with Crippen LogP contribution >= 0.6 is 0 Å². The van der Waals surface area contributed by atoms with Gasteiger partial charge >= 0.3 is 0 Å². The fourth-order valence-electron chi connectivity index (χ4n) is 4.82. The maximum absolute atomic E-state index is 12.9. The summed E-state index contributed by atoms with van der Waals surface area (Å²) in [5, 5.41) is 3.93. The second-order valence-corrected chi connectivity index (χ2v) is 9.16. The summed E-state index contributed by atoms with van der Waals surface area (Å²) >= 11 is 0. The number of oxazole rings is 1. The van der Waals surface area contributed by atoms with E-state index in [4.69, 9.17) is 4.42 Å². The number of carbonyl (C=O) groups excluding carboxylic acids is 1. The van der Waals surface area contributed by atoms with Crippen molar-refractivity contribution in [2.75, 3.05) is 45.1 Å². The Morgan fingerprint density at radius 3 is 2.62 bits per heavy atom. The first kappa shape index (κ1) is 21.0. The average Bonchev–Trinajstić information content (AvgIpc) is 3.36. The van der Waals surface area contributed by atoms with Crippen LogP contribution in [-0.4, -0.2) is 70.4 Å². The van der Waals surface area contributed by atoms with Gasteiger partial charge in [0.15, 0.2) is 12.2 Å². The zero-order valence-electron chi connectivity index (χ0n) is 18.5. The third-order valence-electron chi connectivity index (χ3n) is 6.87. The van der Waals surface area contributed by atoms with Gasteiger partial charge < -0.3 is 19.5 Å². The first-order chi connectivity index (χ1) is 15.6. The van der Waals surface area contributed by atoms with Crippen molar-refractivity contribution in [1.82, 2.24) is 24.8 Å². The van der Waals surface area contributed by atoms with Crippen molar-refractivity contribution in [1.29, 1.82) is 0 Å². The van der Waals surface area contributed by atoms with Gasteiger partial charge in [0, 0.05) is 55.8 Å². The molecule has 2 aliphatic rings. The van der Waals surface area contributed by atoms with Gasteiger partial charge in [0.2, 0.25) is 5.91 Å². The summed E-state index contributed by atoms with van der Waals surface area (Å²) in [6, 6.07) is 3.85. The fourth-order valence-corrected chi connectivity index (χ4v) is 4.82. The van der Waals surface area contributed by atoms with Gasteiger partial charge in [-0.05, 0) is 50.8 Å². The van der Waals surface area contributed by atoms with Crippen LogP contribution in [0.1, 0.15) is 25.7 Å². The number of anilines is 1. The van der Waals surface area contributed by atoms with Crippen molar-refractivity contribution >= 4 is 22.6 Å². The highest BCUT2D eigenvalue weighted by atomic mass is 16.3. The number of likely N-dealkylation sites (N-methyl/N-ethyl adjacent to an activating group) is 1. The van der Waals surface area contributed by atoms with E-state index in [-0.39, 0.29) is 11.8 Å². The molecule has 1 N–H and O–H groups in total. The molecule has 0 unspecified atom stereocenters. The summed E-state index contributed by atoms with van der Waals surface area (Å²) in [6.07, 6.45) is 10.7. The highest BCUT2D eigenvalue weighted by Gasteiger charge is 2.28. The number of carbonyl (C=O) groups is 1. The standard InChI is InChI=1S/C24H30N6O2/c1-29-6-8-30(9-7-29)15-17-2-4-18(5-3-17)24(31)28-23-11-19-10-20(22-14-25-16-32-22)12-26-21(19)13-27-23/h10-14,16-18H,2-9,15H2,1H3,(H,27,28,31). The average molecular weight is 435 g/mol.